The van der Waals surface area contributed by atoms with E-state index >= 15 is 0 Å². The summed E-state index contributed by atoms with van der Waals surface area (Å²) in [6, 6.07) is 16.9. The molecule has 2 aromatic carbocycles. The molecule has 0 saturated carbocycles. The number of benzene rings is 2. The minimum atomic E-state index is -0.563. The Bertz CT molecular complexity index is 649. The highest BCUT2D eigenvalue weighted by molar-refractivity contribution is 6.31. The average molecular weight is 347 g/mol. The SMILES string of the molecule is C[C@H](CNC(=O)Cc1ccccc1Cl)NC[C@H](O)c1ccccc1. The summed E-state index contributed by atoms with van der Waals surface area (Å²) >= 11 is 6.05. The Morgan fingerprint density at radius 1 is 1.08 bits per heavy atom. The predicted molar refractivity (Wildman–Crippen MR) is 97.0 cm³/mol. The van der Waals surface area contributed by atoms with Crippen LogP contribution in [0.1, 0.15) is 24.2 Å². The smallest absolute Gasteiger partial charge is 0.224 e. The Labute approximate surface area is 147 Å². The van der Waals surface area contributed by atoms with Crippen LogP contribution in [-0.2, 0) is 11.2 Å². The number of rotatable bonds is 8. The van der Waals surface area contributed by atoms with E-state index in [1.165, 1.54) is 0 Å². The zero-order valence-corrected chi connectivity index (χ0v) is 14.5. The summed E-state index contributed by atoms with van der Waals surface area (Å²) in [5.74, 6) is -0.0691. The first-order valence-corrected chi connectivity index (χ1v) is 8.40. The van der Waals surface area contributed by atoms with Crippen LogP contribution in [0, 0.1) is 0 Å². The van der Waals surface area contributed by atoms with Crippen molar-refractivity contribution >= 4 is 17.5 Å². The van der Waals surface area contributed by atoms with Gasteiger partial charge in [-0.3, -0.25) is 4.79 Å². The van der Waals surface area contributed by atoms with E-state index in [1.807, 2.05) is 55.5 Å². The second kappa shape index (κ2) is 9.42. The van der Waals surface area contributed by atoms with Gasteiger partial charge in [0, 0.05) is 24.2 Å². The molecule has 0 fully saturated rings. The first kappa shape index (κ1) is 18.5. The molecule has 0 aliphatic rings. The maximum absolute atomic E-state index is 12.0. The van der Waals surface area contributed by atoms with Crippen molar-refractivity contribution in [2.75, 3.05) is 13.1 Å². The van der Waals surface area contributed by atoms with Crippen LogP contribution < -0.4 is 10.6 Å². The van der Waals surface area contributed by atoms with Crippen LogP contribution in [0.4, 0.5) is 0 Å². The van der Waals surface area contributed by atoms with Crippen LogP contribution in [0.2, 0.25) is 5.02 Å². The van der Waals surface area contributed by atoms with Crippen LogP contribution in [0.15, 0.2) is 54.6 Å². The van der Waals surface area contributed by atoms with Gasteiger partial charge in [0.15, 0.2) is 0 Å². The van der Waals surface area contributed by atoms with Gasteiger partial charge in [0.1, 0.15) is 0 Å². The van der Waals surface area contributed by atoms with Crippen molar-refractivity contribution in [2.45, 2.75) is 25.5 Å². The molecule has 5 heteroatoms. The van der Waals surface area contributed by atoms with Gasteiger partial charge in [0.2, 0.25) is 5.91 Å². The quantitative estimate of drug-likeness (QED) is 0.688. The molecular formula is C19H23ClN2O2. The van der Waals surface area contributed by atoms with E-state index in [9.17, 15) is 9.90 Å². The topological polar surface area (TPSA) is 61.4 Å². The normalized spacial score (nSPS) is 13.3. The minimum absolute atomic E-state index is 0.0542. The summed E-state index contributed by atoms with van der Waals surface area (Å²) < 4.78 is 0. The number of aliphatic hydroxyl groups is 1. The fraction of sp³-hybridized carbons (Fsp3) is 0.316. The average Bonchev–Trinajstić information content (AvgIpc) is 2.60. The van der Waals surface area contributed by atoms with Crippen molar-refractivity contribution < 1.29 is 9.90 Å². The number of nitrogens with one attached hydrogen (secondary N) is 2. The van der Waals surface area contributed by atoms with Crippen molar-refractivity contribution in [3.8, 4) is 0 Å². The highest BCUT2D eigenvalue weighted by atomic mass is 35.5. The molecule has 0 saturated heterocycles. The maximum atomic E-state index is 12.0. The van der Waals surface area contributed by atoms with Gasteiger partial charge in [-0.15, -0.1) is 0 Å². The highest BCUT2D eigenvalue weighted by Gasteiger charge is 2.11. The zero-order valence-electron chi connectivity index (χ0n) is 13.7. The molecule has 1 amide bonds. The standard InChI is InChI=1S/C19H23ClN2O2/c1-14(21-13-18(23)15-7-3-2-4-8-15)12-22-19(24)11-16-9-5-6-10-17(16)20/h2-10,14,18,21,23H,11-13H2,1H3,(H,22,24)/t14-,18+/m1/s1. The second-order valence-electron chi connectivity index (χ2n) is 5.81. The fourth-order valence-corrected chi connectivity index (χ4v) is 2.52. The summed E-state index contributed by atoms with van der Waals surface area (Å²) in [5, 5.41) is 16.8. The van der Waals surface area contributed by atoms with Gasteiger partial charge in [-0.2, -0.15) is 0 Å². The lowest BCUT2D eigenvalue weighted by atomic mass is 10.1. The van der Waals surface area contributed by atoms with Gasteiger partial charge in [-0.1, -0.05) is 60.1 Å². The van der Waals surface area contributed by atoms with Gasteiger partial charge in [-0.25, -0.2) is 0 Å². The molecule has 24 heavy (non-hydrogen) atoms. The van der Waals surface area contributed by atoms with Crippen LogP contribution in [-0.4, -0.2) is 30.1 Å². The summed E-state index contributed by atoms with van der Waals surface area (Å²) in [7, 11) is 0. The Morgan fingerprint density at radius 3 is 2.46 bits per heavy atom. The van der Waals surface area contributed by atoms with Crippen molar-refractivity contribution in [1.29, 1.82) is 0 Å². The van der Waals surface area contributed by atoms with E-state index in [4.69, 9.17) is 11.6 Å². The lowest BCUT2D eigenvalue weighted by Gasteiger charge is -2.18. The molecule has 0 aliphatic heterocycles. The number of amides is 1. The van der Waals surface area contributed by atoms with Gasteiger partial charge < -0.3 is 15.7 Å². The molecule has 0 radical (unpaired) electrons. The van der Waals surface area contributed by atoms with Crippen molar-refractivity contribution in [2.24, 2.45) is 0 Å². The monoisotopic (exact) mass is 346 g/mol. The van der Waals surface area contributed by atoms with Gasteiger partial charge in [0.25, 0.3) is 0 Å². The number of halogens is 1. The largest absolute Gasteiger partial charge is 0.387 e. The Morgan fingerprint density at radius 2 is 1.75 bits per heavy atom. The molecule has 0 spiro atoms. The maximum Gasteiger partial charge on any atom is 0.224 e. The van der Waals surface area contributed by atoms with E-state index in [-0.39, 0.29) is 18.4 Å². The third kappa shape index (κ3) is 5.96. The third-order valence-corrected chi connectivity index (χ3v) is 4.13. The molecule has 4 nitrogen and oxygen atoms in total. The highest BCUT2D eigenvalue weighted by Crippen LogP contribution is 2.15. The van der Waals surface area contributed by atoms with E-state index in [1.54, 1.807) is 6.07 Å². The Balaban J connectivity index is 1.70. The second-order valence-corrected chi connectivity index (χ2v) is 6.22. The number of hydrogen-bond donors (Lipinski definition) is 3. The van der Waals surface area contributed by atoms with E-state index in [2.05, 4.69) is 10.6 Å². The molecule has 0 aromatic heterocycles. The molecule has 0 aliphatic carbocycles. The minimum Gasteiger partial charge on any atom is -0.387 e. The summed E-state index contributed by atoms with van der Waals surface area (Å²) in [4.78, 5) is 12.0. The molecule has 2 atom stereocenters. The zero-order chi connectivity index (χ0) is 17.4. The summed E-state index contributed by atoms with van der Waals surface area (Å²) in [5.41, 5.74) is 1.69. The first-order valence-electron chi connectivity index (χ1n) is 8.02. The molecule has 2 aromatic rings. The molecule has 3 N–H and O–H groups in total. The van der Waals surface area contributed by atoms with Crippen molar-refractivity contribution in [3.05, 3.63) is 70.7 Å². The molecule has 0 bridgehead atoms. The number of hydrogen-bond acceptors (Lipinski definition) is 3. The van der Waals surface area contributed by atoms with Crippen LogP contribution in [0.3, 0.4) is 0 Å². The molecule has 0 unspecified atom stereocenters. The van der Waals surface area contributed by atoms with Gasteiger partial charge >= 0.3 is 0 Å². The van der Waals surface area contributed by atoms with Crippen LogP contribution >= 0.6 is 11.6 Å². The summed E-state index contributed by atoms with van der Waals surface area (Å²) in [6.45, 7) is 2.89. The predicted octanol–water partition coefficient (Wildman–Crippen LogP) is 2.71. The Hall–Kier alpha value is -1.88. The van der Waals surface area contributed by atoms with Crippen molar-refractivity contribution in [1.82, 2.24) is 10.6 Å². The molecule has 0 heterocycles. The van der Waals surface area contributed by atoms with Crippen LogP contribution in [0.5, 0.6) is 0 Å². The van der Waals surface area contributed by atoms with Gasteiger partial charge in [-0.05, 0) is 24.1 Å². The lowest BCUT2D eigenvalue weighted by molar-refractivity contribution is -0.120. The number of carbonyl (C=O) groups excluding carboxylic acids is 1. The van der Waals surface area contributed by atoms with Gasteiger partial charge in [0.05, 0.1) is 12.5 Å². The van der Waals surface area contributed by atoms with E-state index < -0.39 is 6.10 Å². The first-order chi connectivity index (χ1) is 11.6. The van der Waals surface area contributed by atoms with E-state index in [0.29, 0.717) is 18.1 Å². The molecule has 128 valence electrons. The third-order valence-electron chi connectivity index (χ3n) is 3.76. The molecular weight excluding hydrogens is 324 g/mol. The van der Waals surface area contributed by atoms with Crippen molar-refractivity contribution in [3.63, 3.8) is 0 Å². The Kier molecular flexibility index (Phi) is 7.25. The lowest BCUT2D eigenvalue weighted by Crippen LogP contribution is -2.41. The van der Waals surface area contributed by atoms with E-state index in [0.717, 1.165) is 11.1 Å². The fourth-order valence-electron chi connectivity index (χ4n) is 2.32. The number of carbonyl (C=O) groups is 1. The summed E-state index contributed by atoms with van der Waals surface area (Å²) in [6.07, 6.45) is -0.300. The molecule has 2 rings (SSSR count). The van der Waals surface area contributed by atoms with Crippen LogP contribution in [0.25, 0.3) is 0 Å². The number of aliphatic hydroxyl groups excluding tert-OH is 1.